The number of rotatable bonds is 5. The van der Waals surface area contributed by atoms with Crippen LogP contribution in [0.1, 0.15) is 0 Å². The van der Waals surface area contributed by atoms with Crippen molar-refractivity contribution in [3.63, 3.8) is 0 Å². The zero-order valence-electron chi connectivity index (χ0n) is 17.8. The van der Waals surface area contributed by atoms with Crippen molar-refractivity contribution in [2.45, 2.75) is 4.90 Å². The fourth-order valence-electron chi connectivity index (χ4n) is 3.74. The first-order valence-corrected chi connectivity index (χ1v) is 12.3. The van der Waals surface area contributed by atoms with Gasteiger partial charge in [0, 0.05) is 29.4 Å². The molecule has 1 fully saturated rings. The topological polar surface area (TPSA) is 81.6 Å². The third-order valence-corrected chi connectivity index (χ3v) is 7.68. The van der Waals surface area contributed by atoms with Crippen molar-refractivity contribution in [2.24, 2.45) is 0 Å². The third-order valence-electron chi connectivity index (χ3n) is 5.49. The molecule has 0 aliphatic carbocycles. The highest BCUT2D eigenvalue weighted by molar-refractivity contribution is 7.89. The van der Waals surface area contributed by atoms with Gasteiger partial charge in [0.2, 0.25) is 15.9 Å². The summed E-state index contributed by atoms with van der Waals surface area (Å²) >= 11 is 6.40. The van der Waals surface area contributed by atoms with Gasteiger partial charge in [-0.25, -0.2) is 12.8 Å². The van der Waals surface area contributed by atoms with E-state index in [4.69, 9.17) is 21.1 Å². The second kappa shape index (κ2) is 9.27. The van der Waals surface area contributed by atoms with E-state index in [1.165, 1.54) is 34.6 Å². The lowest BCUT2D eigenvalue weighted by molar-refractivity contribution is 0.0730. The van der Waals surface area contributed by atoms with Crippen LogP contribution in [0.3, 0.4) is 0 Å². The van der Waals surface area contributed by atoms with Gasteiger partial charge >= 0.3 is 0 Å². The summed E-state index contributed by atoms with van der Waals surface area (Å²) in [7, 11) is -3.69. The Morgan fingerprint density at radius 1 is 0.941 bits per heavy atom. The standard InChI is InChI=1S/C24H19ClFN3O4S/c25-21-15-18(34(30,31)29-11-13-32-14-12-29)9-10-22(21)33-24-20-4-2-1-3-19(20)23(27-28-24)16-5-7-17(26)8-6-16/h1-10,15H,11-14H2. The second-order valence-corrected chi connectivity index (χ2v) is 9.96. The molecule has 1 aromatic heterocycles. The second-order valence-electron chi connectivity index (χ2n) is 7.62. The van der Waals surface area contributed by atoms with E-state index >= 15 is 0 Å². The Labute approximate surface area is 200 Å². The molecule has 3 aromatic carbocycles. The van der Waals surface area contributed by atoms with E-state index in [1.807, 2.05) is 24.3 Å². The molecule has 0 atom stereocenters. The number of halogens is 2. The minimum absolute atomic E-state index is 0.0781. The summed E-state index contributed by atoms with van der Waals surface area (Å²) < 4.78 is 51.7. The summed E-state index contributed by atoms with van der Waals surface area (Å²) in [6.07, 6.45) is 0. The van der Waals surface area contributed by atoms with Gasteiger partial charge in [0.05, 0.1) is 23.1 Å². The van der Waals surface area contributed by atoms with Crippen LogP contribution in [0.5, 0.6) is 11.6 Å². The van der Waals surface area contributed by atoms with Crippen molar-refractivity contribution in [3.05, 3.63) is 77.6 Å². The molecule has 0 saturated carbocycles. The van der Waals surface area contributed by atoms with E-state index in [0.29, 0.717) is 42.9 Å². The zero-order valence-corrected chi connectivity index (χ0v) is 19.4. The van der Waals surface area contributed by atoms with E-state index in [1.54, 1.807) is 12.1 Å². The Balaban J connectivity index is 1.48. The molecule has 1 aliphatic rings. The van der Waals surface area contributed by atoms with Gasteiger partial charge in [-0.2, -0.15) is 4.31 Å². The number of benzene rings is 3. The summed E-state index contributed by atoms with van der Waals surface area (Å²) in [5.74, 6) is 0.124. The lowest BCUT2D eigenvalue weighted by Gasteiger charge is -2.26. The van der Waals surface area contributed by atoms with Crippen LogP contribution in [-0.4, -0.2) is 49.2 Å². The van der Waals surface area contributed by atoms with Gasteiger partial charge < -0.3 is 9.47 Å². The summed E-state index contributed by atoms with van der Waals surface area (Å²) in [4.78, 5) is 0.0781. The zero-order chi connectivity index (χ0) is 23.7. The number of aromatic nitrogens is 2. The van der Waals surface area contributed by atoms with Crippen molar-refractivity contribution < 1.29 is 22.3 Å². The SMILES string of the molecule is O=S(=O)(c1ccc(Oc2nnc(-c3ccc(F)cc3)c3ccccc23)c(Cl)c1)N1CCOCC1. The molecule has 0 spiro atoms. The Bertz CT molecular complexity index is 1460. The minimum Gasteiger partial charge on any atom is -0.435 e. The molecule has 0 radical (unpaired) electrons. The monoisotopic (exact) mass is 499 g/mol. The normalized spacial score (nSPS) is 14.9. The number of nitrogens with zero attached hydrogens (tertiary/aromatic N) is 3. The van der Waals surface area contributed by atoms with Gasteiger partial charge in [-0.1, -0.05) is 29.8 Å². The molecule has 7 nitrogen and oxygen atoms in total. The first-order valence-electron chi connectivity index (χ1n) is 10.5. The van der Waals surface area contributed by atoms with Crippen LogP contribution >= 0.6 is 11.6 Å². The first-order chi connectivity index (χ1) is 16.4. The van der Waals surface area contributed by atoms with Gasteiger partial charge in [-0.3, -0.25) is 0 Å². The van der Waals surface area contributed by atoms with Gasteiger partial charge in [-0.05, 0) is 48.5 Å². The van der Waals surface area contributed by atoms with Crippen molar-refractivity contribution in [3.8, 4) is 22.9 Å². The highest BCUT2D eigenvalue weighted by Gasteiger charge is 2.27. The highest BCUT2D eigenvalue weighted by Crippen LogP contribution is 2.36. The van der Waals surface area contributed by atoms with E-state index in [9.17, 15) is 12.8 Å². The number of hydrogen-bond donors (Lipinski definition) is 0. The molecule has 34 heavy (non-hydrogen) atoms. The van der Waals surface area contributed by atoms with Gasteiger partial charge in [0.1, 0.15) is 17.3 Å². The quantitative estimate of drug-likeness (QED) is 0.388. The number of ether oxygens (including phenoxy) is 2. The van der Waals surface area contributed by atoms with Crippen LogP contribution in [0.4, 0.5) is 4.39 Å². The largest absolute Gasteiger partial charge is 0.435 e. The van der Waals surface area contributed by atoms with E-state index in [2.05, 4.69) is 10.2 Å². The molecule has 0 N–H and O–H groups in total. The highest BCUT2D eigenvalue weighted by atomic mass is 35.5. The van der Waals surface area contributed by atoms with Crippen LogP contribution in [-0.2, 0) is 14.8 Å². The van der Waals surface area contributed by atoms with E-state index in [0.717, 1.165) is 5.39 Å². The molecular formula is C24H19ClFN3O4S. The first kappa shape index (κ1) is 22.7. The van der Waals surface area contributed by atoms with E-state index in [-0.39, 0.29) is 27.4 Å². The molecule has 1 saturated heterocycles. The predicted molar refractivity (Wildman–Crippen MR) is 126 cm³/mol. The molecule has 0 unspecified atom stereocenters. The lowest BCUT2D eigenvalue weighted by atomic mass is 10.1. The Hall–Kier alpha value is -3.11. The molecule has 0 amide bonds. The summed E-state index contributed by atoms with van der Waals surface area (Å²) in [5.41, 5.74) is 1.30. The van der Waals surface area contributed by atoms with E-state index < -0.39 is 10.0 Å². The third kappa shape index (κ3) is 4.35. The summed E-state index contributed by atoms with van der Waals surface area (Å²) in [6.45, 7) is 1.29. The Morgan fingerprint density at radius 3 is 2.35 bits per heavy atom. The van der Waals surface area contributed by atoms with Crippen molar-refractivity contribution in [1.29, 1.82) is 0 Å². The average molecular weight is 500 g/mol. The van der Waals surface area contributed by atoms with Crippen LogP contribution in [0.15, 0.2) is 71.6 Å². The van der Waals surface area contributed by atoms with Crippen LogP contribution in [0.2, 0.25) is 5.02 Å². The van der Waals surface area contributed by atoms with Crippen LogP contribution in [0.25, 0.3) is 22.0 Å². The van der Waals surface area contributed by atoms with Crippen molar-refractivity contribution in [1.82, 2.24) is 14.5 Å². The van der Waals surface area contributed by atoms with Gasteiger partial charge in [0.25, 0.3) is 0 Å². The van der Waals surface area contributed by atoms with Gasteiger partial charge in [-0.15, -0.1) is 10.2 Å². The molecule has 2 heterocycles. The molecule has 10 heteroatoms. The number of morpholine rings is 1. The lowest BCUT2D eigenvalue weighted by Crippen LogP contribution is -2.40. The van der Waals surface area contributed by atoms with Crippen molar-refractivity contribution >= 4 is 32.4 Å². The van der Waals surface area contributed by atoms with Crippen LogP contribution in [0, 0.1) is 5.82 Å². The summed E-state index contributed by atoms with van der Waals surface area (Å²) in [6, 6.07) is 17.7. The molecule has 0 bridgehead atoms. The maximum Gasteiger partial charge on any atom is 0.246 e. The average Bonchev–Trinajstić information content (AvgIpc) is 2.86. The fourth-order valence-corrected chi connectivity index (χ4v) is 5.46. The fraction of sp³-hybridized carbons (Fsp3) is 0.167. The molecular weight excluding hydrogens is 481 g/mol. The maximum atomic E-state index is 13.4. The number of hydrogen-bond acceptors (Lipinski definition) is 6. The minimum atomic E-state index is -3.69. The predicted octanol–water partition coefficient (Wildman–Crippen LogP) is 4.90. The summed E-state index contributed by atoms with van der Waals surface area (Å²) in [5, 5.41) is 10.1. The molecule has 4 aromatic rings. The molecule has 5 rings (SSSR count). The Kier molecular flexibility index (Phi) is 6.18. The smallest absolute Gasteiger partial charge is 0.246 e. The van der Waals surface area contributed by atoms with Crippen molar-refractivity contribution in [2.75, 3.05) is 26.3 Å². The Morgan fingerprint density at radius 2 is 1.65 bits per heavy atom. The van der Waals surface area contributed by atoms with Gasteiger partial charge in [0.15, 0.2) is 0 Å². The molecule has 1 aliphatic heterocycles. The number of sulfonamides is 1. The maximum absolute atomic E-state index is 13.4. The number of fused-ring (bicyclic) bond motifs is 1. The molecule has 174 valence electrons. The van der Waals surface area contributed by atoms with Crippen LogP contribution < -0.4 is 4.74 Å².